The molecule has 0 spiro atoms. The zero-order valence-corrected chi connectivity index (χ0v) is 11.3. The molecule has 1 aromatic rings. The predicted octanol–water partition coefficient (Wildman–Crippen LogP) is 3.39. The zero-order chi connectivity index (χ0) is 13.9. The fraction of sp³-hybridized carbons (Fsp3) is 0.375. The topological polar surface area (TPSA) is 43.4 Å². The average Bonchev–Trinajstić information content (AvgIpc) is 2.41. The van der Waals surface area contributed by atoms with Gasteiger partial charge in [0.2, 0.25) is 0 Å². The normalized spacial score (nSPS) is 10.6. The molecule has 3 heteroatoms. The maximum atomic E-state index is 11.6. The van der Waals surface area contributed by atoms with Gasteiger partial charge in [0.25, 0.3) is 0 Å². The van der Waals surface area contributed by atoms with E-state index in [1.807, 2.05) is 36.4 Å². The first-order valence-electron chi connectivity index (χ1n) is 6.58. The Bertz CT molecular complexity index is 421. The number of carbonyl (C=O) groups excluding carboxylic acids is 2. The summed E-state index contributed by atoms with van der Waals surface area (Å²) in [5.41, 5.74) is 1.03. The molecule has 0 amide bonds. The van der Waals surface area contributed by atoms with Gasteiger partial charge in [0, 0.05) is 13.3 Å². The molecule has 0 fully saturated rings. The standard InChI is InChI=1S/C16H20O3/c1-14(17)19-13-7-3-6-10-16(18)12-11-15-8-4-2-5-9-15/h2,4-5,8-9,11-12H,3,6-7,10,13H2,1H3/b12-11+. The number of ketones is 1. The third kappa shape index (κ3) is 7.92. The summed E-state index contributed by atoms with van der Waals surface area (Å²) in [5.74, 6) is -0.113. The Labute approximate surface area is 114 Å². The van der Waals surface area contributed by atoms with Crippen LogP contribution < -0.4 is 0 Å². The number of ether oxygens (including phenoxy) is 1. The van der Waals surface area contributed by atoms with Crippen LogP contribution in [0.15, 0.2) is 36.4 Å². The molecule has 0 saturated heterocycles. The Morgan fingerprint density at radius 2 is 1.84 bits per heavy atom. The van der Waals surface area contributed by atoms with Gasteiger partial charge in [0.15, 0.2) is 5.78 Å². The molecule has 1 rings (SSSR count). The summed E-state index contributed by atoms with van der Waals surface area (Å²) in [5, 5.41) is 0. The van der Waals surface area contributed by atoms with Crippen molar-refractivity contribution in [1.29, 1.82) is 0 Å². The number of esters is 1. The van der Waals surface area contributed by atoms with Crippen molar-refractivity contribution in [3.8, 4) is 0 Å². The second-order valence-electron chi connectivity index (χ2n) is 4.36. The maximum absolute atomic E-state index is 11.6. The van der Waals surface area contributed by atoms with Crippen LogP contribution in [-0.4, -0.2) is 18.4 Å². The summed E-state index contributed by atoms with van der Waals surface area (Å²) in [6.07, 6.45) is 6.55. The van der Waals surface area contributed by atoms with Crippen molar-refractivity contribution >= 4 is 17.8 Å². The Balaban J connectivity index is 2.11. The molecule has 0 N–H and O–H groups in total. The van der Waals surface area contributed by atoms with Gasteiger partial charge in [0.05, 0.1) is 6.61 Å². The minimum absolute atomic E-state index is 0.135. The molecule has 0 atom stereocenters. The maximum Gasteiger partial charge on any atom is 0.302 e. The Kier molecular flexibility index (Phi) is 7.25. The molecular weight excluding hydrogens is 240 g/mol. The third-order valence-corrected chi connectivity index (χ3v) is 2.63. The molecule has 102 valence electrons. The molecule has 0 aliphatic heterocycles. The van der Waals surface area contributed by atoms with E-state index < -0.39 is 0 Å². The molecule has 0 radical (unpaired) electrons. The van der Waals surface area contributed by atoms with Gasteiger partial charge in [-0.15, -0.1) is 0 Å². The third-order valence-electron chi connectivity index (χ3n) is 2.63. The monoisotopic (exact) mass is 260 g/mol. The van der Waals surface area contributed by atoms with Gasteiger partial charge in [-0.25, -0.2) is 0 Å². The molecule has 0 aromatic heterocycles. The number of unbranched alkanes of at least 4 members (excludes halogenated alkanes) is 2. The largest absolute Gasteiger partial charge is 0.466 e. The number of hydrogen-bond donors (Lipinski definition) is 0. The van der Waals surface area contributed by atoms with Crippen molar-refractivity contribution in [3.63, 3.8) is 0 Å². The van der Waals surface area contributed by atoms with Crippen LogP contribution in [0.4, 0.5) is 0 Å². The second kappa shape index (κ2) is 9.09. The highest BCUT2D eigenvalue weighted by Gasteiger charge is 1.98. The van der Waals surface area contributed by atoms with Crippen LogP contribution in [0.25, 0.3) is 6.08 Å². The minimum Gasteiger partial charge on any atom is -0.466 e. The molecule has 19 heavy (non-hydrogen) atoms. The van der Waals surface area contributed by atoms with E-state index in [9.17, 15) is 9.59 Å². The molecule has 1 aromatic carbocycles. The van der Waals surface area contributed by atoms with Crippen molar-refractivity contribution in [2.75, 3.05) is 6.61 Å². The van der Waals surface area contributed by atoms with Crippen LogP contribution >= 0.6 is 0 Å². The fourth-order valence-corrected chi connectivity index (χ4v) is 1.63. The summed E-state index contributed by atoms with van der Waals surface area (Å²) in [6.45, 7) is 1.85. The van der Waals surface area contributed by atoms with E-state index in [2.05, 4.69) is 0 Å². The number of hydrogen-bond acceptors (Lipinski definition) is 3. The molecule has 0 saturated carbocycles. The number of carbonyl (C=O) groups is 2. The van der Waals surface area contributed by atoms with Gasteiger partial charge >= 0.3 is 5.97 Å². The Hall–Kier alpha value is -1.90. The van der Waals surface area contributed by atoms with Gasteiger partial charge < -0.3 is 4.74 Å². The minimum atomic E-state index is -0.248. The number of benzene rings is 1. The van der Waals surface area contributed by atoms with E-state index in [1.54, 1.807) is 6.08 Å². The van der Waals surface area contributed by atoms with Crippen molar-refractivity contribution in [3.05, 3.63) is 42.0 Å². The zero-order valence-electron chi connectivity index (χ0n) is 11.3. The van der Waals surface area contributed by atoms with Crippen molar-refractivity contribution < 1.29 is 14.3 Å². The van der Waals surface area contributed by atoms with Crippen molar-refractivity contribution in [2.24, 2.45) is 0 Å². The van der Waals surface area contributed by atoms with Gasteiger partial charge in [-0.2, -0.15) is 0 Å². The Morgan fingerprint density at radius 1 is 1.11 bits per heavy atom. The van der Waals surface area contributed by atoms with Gasteiger partial charge in [-0.05, 0) is 30.9 Å². The lowest BCUT2D eigenvalue weighted by Crippen LogP contribution is -2.00. The van der Waals surface area contributed by atoms with Gasteiger partial charge in [-0.3, -0.25) is 9.59 Å². The highest BCUT2D eigenvalue weighted by Crippen LogP contribution is 2.05. The SMILES string of the molecule is CC(=O)OCCCCCC(=O)/C=C/c1ccccc1. The van der Waals surface area contributed by atoms with Crippen LogP contribution in [0.3, 0.4) is 0 Å². The molecule has 0 bridgehead atoms. The van der Waals surface area contributed by atoms with Crippen LogP contribution in [0, 0.1) is 0 Å². The van der Waals surface area contributed by atoms with Gasteiger partial charge in [0.1, 0.15) is 0 Å². The Morgan fingerprint density at radius 3 is 2.53 bits per heavy atom. The van der Waals surface area contributed by atoms with Crippen LogP contribution in [0.5, 0.6) is 0 Å². The van der Waals surface area contributed by atoms with Crippen LogP contribution in [0.1, 0.15) is 38.2 Å². The summed E-state index contributed by atoms with van der Waals surface area (Å²) < 4.78 is 4.82. The molecule has 0 aliphatic carbocycles. The smallest absolute Gasteiger partial charge is 0.302 e. The lowest BCUT2D eigenvalue weighted by atomic mass is 10.1. The van der Waals surface area contributed by atoms with E-state index in [4.69, 9.17) is 4.74 Å². The molecular formula is C16H20O3. The molecule has 3 nitrogen and oxygen atoms in total. The number of rotatable bonds is 8. The highest BCUT2D eigenvalue weighted by molar-refractivity contribution is 5.93. The van der Waals surface area contributed by atoms with E-state index >= 15 is 0 Å². The van der Waals surface area contributed by atoms with E-state index in [1.165, 1.54) is 6.92 Å². The summed E-state index contributed by atoms with van der Waals surface area (Å²) in [7, 11) is 0. The quantitative estimate of drug-likeness (QED) is 0.409. The first kappa shape index (κ1) is 15.2. The van der Waals surface area contributed by atoms with E-state index in [0.29, 0.717) is 13.0 Å². The molecule has 0 aliphatic rings. The molecule has 0 heterocycles. The van der Waals surface area contributed by atoms with E-state index in [0.717, 1.165) is 24.8 Å². The van der Waals surface area contributed by atoms with Crippen LogP contribution in [-0.2, 0) is 14.3 Å². The highest BCUT2D eigenvalue weighted by atomic mass is 16.5. The lowest BCUT2D eigenvalue weighted by Gasteiger charge is -2.00. The van der Waals surface area contributed by atoms with E-state index in [-0.39, 0.29) is 11.8 Å². The van der Waals surface area contributed by atoms with Crippen molar-refractivity contribution in [2.45, 2.75) is 32.6 Å². The fourth-order valence-electron chi connectivity index (χ4n) is 1.63. The summed E-state index contributed by atoms with van der Waals surface area (Å²) >= 11 is 0. The van der Waals surface area contributed by atoms with Crippen molar-refractivity contribution in [1.82, 2.24) is 0 Å². The number of allylic oxidation sites excluding steroid dienone is 1. The predicted molar refractivity (Wildman–Crippen MR) is 75.6 cm³/mol. The summed E-state index contributed by atoms with van der Waals surface area (Å²) in [6, 6.07) is 9.76. The summed E-state index contributed by atoms with van der Waals surface area (Å²) in [4.78, 5) is 22.1. The second-order valence-corrected chi connectivity index (χ2v) is 4.36. The molecule has 0 unspecified atom stereocenters. The van der Waals surface area contributed by atoms with Gasteiger partial charge in [-0.1, -0.05) is 36.4 Å². The van der Waals surface area contributed by atoms with Crippen LogP contribution in [0.2, 0.25) is 0 Å². The first-order chi connectivity index (χ1) is 9.18. The first-order valence-corrected chi connectivity index (χ1v) is 6.58. The average molecular weight is 260 g/mol. The lowest BCUT2D eigenvalue weighted by molar-refractivity contribution is -0.141.